The van der Waals surface area contributed by atoms with Crippen LogP contribution in [-0.4, -0.2) is 29.7 Å². The Labute approximate surface area is 116 Å². The standard InChI is InChI=1S/C13H15N7/c1-9(2)20-8-17-19-12(20)7-16-11-4-3-10-13(18-11)15-6-5-14-10/h3-6,8-9H,7H2,1-2H3,(H,15,16,18). The molecule has 0 radical (unpaired) electrons. The molecule has 3 heterocycles. The Morgan fingerprint density at radius 3 is 2.90 bits per heavy atom. The largest absolute Gasteiger partial charge is 0.363 e. The van der Waals surface area contributed by atoms with Crippen molar-refractivity contribution in [3.05, 3.63) is 36.7 Å². The lowest BCUT2D eigenvalue weighted by Gasteiger charge is -2.11. The Morgan fingerprint density at radius 2 is 2.05 bits per heavy atom. The van der Waals surface area contributed by atoms with Gasteiger partial charge in [0.25, 0.3) is 0 Å². The van der Waals surface area contributed by atoms with Gasteiger partial charge >= 0.3 is 0 Å². The third-order valence-electron chi connectivity index (χ3n) is 2.96. The van der Waals surface area contributed by atoms with Crippen molar-refractivity contribution >= 4 is 17.0 Å². The predicted molar refractivity (Wildman–Crippen MR) is 75.1 cm³/mol. The second-order valence-corrected chi connectivity index (χ2v) is 4.70. The summed E-state index contributed by atoms with van der Waals surface area (Å²) in [5.41, 5.74) is 1.41. The van der Waals surface area contributed by atoms with E-state index in [1.54, 1.807) is 18.7 Å². The van der Waals surface area contributed by atoms with Gasteiger partial charge in [-0.25, -0.2) is 9.97 Å². The molecular formula is C13H15N7. The highest BCUT2D eigenvalue weighted by molar-refractivity contribution is 5.71. The van der Waals surface area contributed by atoms with Gasteiger partial charge in [-0.05, 0) is 26.0 Å². The second kappa shape index (κ2) is 5.20. The summed E-state index contributed by atoms with van der Waals surface area (Å²) in [6, 6.07) is 4.11. The first-order chi connectivity index (χ1) is 9.74. The van der Waals surface area contributed by atoms with Crippen LogP contribution in [0.5, 0.6) is 0 Å². The quantitative estimate of drug-likeness (QED) is 0.778. The molecule has 0 amide bonds. The molecule has 0 fully saturated rings. The second-order valence-electron chi connectivity index (χ2n) is 4.70. The smallest absolute Gasteiger partial charge is 0.180 e. The van der Waals surface area contributed by atoms with Crippen LogP contribution in [0, 0.1) is 0 Å². The third kappa shape index (κ3) is 2.42. The molecule has 0 aliphatic heterocycles. The average molecular weight is 269 g/mol. The molecule has 0 atom stereocenters. The van der Waals surface area contributed by atoms with Crippen LogP contribution in [0.25, 0.3) is 11.2 Å². The molecule has 7 nitrogen and oxygen atoms in total. The molecule has 0 bridgehead atoms. The lowest BCUT2D eigenvalue weighted by Crippen LogP contribution is -2.10. The molecule has 0 aliphatic rings. The number of nitrogens with one attached hydrogen (secondary N) is 1. The Hall–Kier alpha value is -2.57. The van der Waals surface area contributed by atoms with E-state index in [0.717, 1.165) is 17.2 Å². The molecule has 3 rings (SSSR count). The van der Waals surface area contributed by atoms with Crippen LogP contribution in [0.4, 0.5) is 5.82 Å². The highest BCUT2D eigenvalue weighted by Gasteiger charge is 2.07. The number of hydrogen-bond acceptors (Lipinski definition) is 6. The lowest BCUT2D eigenvalue weighted by molar-refractivity contribution is 0.572. The van der Waals surface area contributed by atoms with Crippen LogP contribution in [0.1, 0.15) is 25.7 Å². The van der Waals surface area contributed by atoms with E-state index in [4.69, 9.17) is 0 Å². The topological polar surface area (TPSA) is 81.4 Å². The van der Waals surface area contributed by atoms with Gasteiger partial charge in [0.2, 0.25) is 0 Å². The van der Waals surface area contributed by atoms with E-state index >= 15 is 0 Å². The van der Waals surface area contributed by atoms with Crippen molar-refractivity contribution < 1.29 is 0 Å². The number of rotatable bonds is 4. The SMILES string of the molecule is CC(C)n1cnnc1CNc1ccc2nccnc2n1. The number of hydrogen-bond donors (Lipinski definition) is 1. The molecule has 0 aliphatic carbocycles. The van der Waals surface area contributed by atoms with E-state index < -0.39 is 0 Å². The van der Waals surface area contributed by atoms with Gasteiger partial charge in [-0.1, -0.05) is 0 Å². The molecule has 0 aromatic carbocycles. The molecule has 102 valence electrons. The van der Waals surface area contributed by atoms with Crippen molar-refractivity contribution in [1.29, 1.82) is 0 Å². The Balaban J connectivity index is 1.78. The number of fused-ring (bicyclic) bond motifs is 1. The molecule has 7 heteroatoms. The maximum absolute atomic E-state index is 4.41. The summed E-state index contributed by atoms with van der Waals surface area (Å²) >= 11 is 0. The molecule has 20 heavy (non-hydrogen) atoms. The predicted octanol–water partition coefficient (Wildman–Crippen LogP) is 1.81. The van der Waals surface area contributed by atoms with Crippen LogP contribution in [0.3, 0.4) is 0 Å². The zero-order valence-corrected chi connectivity index (χ0v) is 11.4. The minimum atomic E-state index is 0.331. The molecule has 0 saturated carbocycles. The summed E-state index contributed by atoms with van der Waals surface area (Å²) in [6.45, 7) is 4.75. The highest BCUT2D eigenvalue weighted by Crippen LogP contribution is 2.12. The van der Waals surface area contributed by atoms with Crippen LogP contribution in [-0.2, 0) is 6.54 Å². The zero-order chi connectivity index (χ0) is 13.9. The van der Waals surface area contributed by atoms with Crippen molar-refractivity contribution in [3.63, 3.8) is 0 Å². The molecule has 3 aromatic rings. The maximum Gasteiger partial charge on any atom is 0.180 e. The molecule has 0 spiro atoms. The van der Waals surface area contributed by atoms with E-state index in [-0.39, 0.29) is 0 Å². The molecule has 0 unspecified atom stereocenters. The number of pyridine rings is 1. The first-order valence-electron chi connectivity index (χ1n) is 6.44. The summed E-state index contributed by atoms with van der Waals surface area (Å²) in [4.78, 5) is 12.8. The van der Waals surface area contributed by atoms with Crippen molar-refractivity contribution in [2.75, 3.05) is 5.32 Å². The van der Waals surface area contributed by atoms with Crippen LogP contribution < -0.4 is 5.32 Å². The van der Waals surface area contributed by atoms with Crippen molar-refractivity contribution in [2.45, 2.75) is 26.4 Å². The summed E-state index contributed by atoms with van der Waals surface area (Å²) in [5.74, 6) is 1.62. The van der Waals surface area contributed by atoms with Crippen molar-refractivity contribution in [2.24, 2.45) is 0 Å². The Bertz CT molecular complexity index is 719. The summed E-state index contributed by atoms with van der Waals surface area (Å²) in [6.07, 6.45) is 5.03. The van der Waals surface area contributed by atoms with E-state index in [0.29, 0.717) is 18.2 Å². The first-order valence-corrected chi connectivity index (χ1v) is 6.44. The number of nitrogens with zero attached hydrogens (tertiary/aromatic N) is 6. The fraction of sp³-hybridized carbons (Fsp3) is 0.308. The minimum absolute atomic E-state index is 0.331. The van der Waals surface area contributed by atoms with Gasteiger partial charge < -0.3 is 9.88 Å². The monoisotopic (exact) mass is 269 g/mol. The lowest BCUT2D eigenvalue weighted by atomic mass is 10.3. The van der Waals surface area contributed by atoms with E-state index in [1.807, 2.05) is 16.7 Å². The molecular weight excluding hydrogens is 254 g/mol. The first kappa shape index (κ1) is 12.5. The maximum atomic E-state index is 4.41. The van der Waals surface area contributed by atoms with Gasteiger partial charge in [0.05, 0.1) is 6.54 Å². The fourth-order valence-corrected chi connectivity index (χ4v) is 1.95. The van der Waals surface area contributed by atoms with Gasteiger partial charge in [0.1, 0.15) is 17.7 Å². The summed E-state index contributed by atoms with van der Waals surface area (Å²) < 4.78 is 2.02. The van der Waals surface area contributed by atoms with E-state index in [1.165, 1.54) is 0 Å². The van der Waals surface area contributed by atoms with Gasteiger partial charge in [-0.2, -0.15) is 0 Å². The van der Waals surface area contributed by atoms with Crippen molar-refractivity contribution in [3.8, 4) is 0 Å². The van der Waals surface area contributed by atoms with E-state index in [9.17, 15) is 0 Å². The van der Waals surface area contributed by atoms with Crippen LogP contribution >= 0.6 is 0 Å². The summed E-state index contributed by atoms with van der Waals surface area (Å²) in [7, 11) is 0. The average Bonchev–Trinajstić information content (AvgIpc) is 2.93. The zero-order valence-electron chi connectivity index (χ0n) is 11.4. The Morgan fingerprint density at radius 1 is 1.20 bits per heavy atom. The van der Waals surface area contributed by atoms with Gasteiger partial charge in [0, 0.05) is 18.4 Å². The van der Waals surface area contributed by atoms with Crippen molar-refractivity contribution in [1.82, 2.24) is 29.7 Å². The Kier molecular flexibility index (Phi) is 3.24. The number of anilines is 1. The van der Waals surface area contributed by atoms with Crippen LogP contribution in [0.2, 0.25) is 0 Å². The highest BCUT2D eigenvalue weighted by atomic mass is 15.3. The van der Waals surface area contributed by atoms with Gasteiger partial charge in [-0.15, -0.1) is 10.2 Å². The molecule has 1 N–H and O–H groups in total. The van der Waals surface area contributed by atoms with Crippen LogP contribution in [0.15, 0.2) is 30.9 Å². The third-order valence-corrected chi connectivity index (χ3v) is 2.96. The molecule has 0 saturated heterocycles. The van der Waals surface area contributed by atoms with E-state index in [2.05, 4.69) is 44.3 Å². The minimum Gasteiger partial charge on any atom is -0.363 e. The van der Waals surface area contributed by atoms with Gasteiger partial charge in [0.15, 0.2) is 11.5 Å². The normalized spacial score (nSPS) is 11.2. The fourth-order valence-electron chi connectivity index (χ4n) is 1.95. The summed E-state index contributed by atoms with van der Waals surface area (Å²) in [5, 5.41) is 11.3. The molecule has 3 aromatic heterocycles. The number of aromatic nitrogens is 6. The van der Waals surface area contributed by atoms with Gasteiger partial charge in [-0.3, -0.25) is 4.98 Å².